The first-order valence-corrected chi connectivity index (χ1v) is 6.05. The Hall–Kier alpha value is -0.320. The number of carbonyl (C=O) groups excluding carboxylic acids is 1. The molecular formula is C11H20ClN2O2. The number of piperidine rings is 1. The van der Waals surface area contributed by atoms with Crippen LogP contribution in [0.3, 0.4) is 0 Å². The van der Waals surface area contributed by atoms with E-state index >= 15 is 0 Å². The summed E-state index contributed by atoms with van der Waals surface area (Å²) < 4.78 is 0. The smallest absolute Gasteiger partial charge is 0.235 e. The van der Waals surface area contributed by atoms with E-state index in [4.69, 9.17) is 11.6 Å². The Bertz CT molecular complexity index is 261. The lowest BCUT2D eigenvalue weighted by Gasteiger charge is -2.49. The predicted molar refractivity (Wildman–Crippen MR) is 62.6 cm³/mol. The number of carbonyl (C=O) groups is 1. The first-order valence-electron chi connectivity index (χ1n) is 5.52. The zero-order chi connectivity index (χ0) is 12.6. The van der Waals surface area contributed by atoms with E-state index in [1.165, 1.54) is 0 Å². The summed E-state index contributed by atoms with van der Waals surface area (Å²) in [5.74, 6) is -0.198. The minimum absolute atomic E-state index is 0.0291. The van der Waals surface area contributed by atoms with Crippen molar-refractivity contribution in [2.75, 3.05) is 5.88 Å². The normalized spacial score (nSPS) is 25.4. The second-order valence-electron chi connectivity index (χ2n) is 5.73. The zero-order valence-electron chi connectivity index (χ0n) is 10.3. The van der Waals surface area contributed by atoms with Crippen LogP contribution in [0.4, 0.5) is 0 Å². The molecule has 0 aromatic rings. The molecule has 93 valence electrons. The van der Waals surface area contributed by atoms with Gasteiger partial charge in [0.2, 0.25) is 5.91 Å². The molecule has 1 aliphatic heterocycles. The van der Waals surface area contributed by atoms with E-state index in [1.54, 1.807) is 0 Å². The fourth-order valence-electron chi connectivity index (χ4n) is 2.63. The largest absolute Gasteiger partial charge is 0.352 e. The van der Waals surface area contributed by atoms with Crippen molar-refractivity contribution >= 4 is 17.5 Å². The summed E-state index contributed by atoms with van der Waals surface area (Å²) in [7, 11) is 0. The summed E-state index contributed by atoms with van der Waals surface area (Å²) in [6.45, 7) is 7.61. The fourth-order valence-corrected chi connectivity index (χ4v) is 2.71. The van der Waals surface area contributed by atoms with E-state index in [1.807, 2.05) is 27.7 Å². The Morgan fingerprint density at radius 2 is 1.75 bits per heavy atom. The summed E-state index contributed by atoms with van der Waals surface area (Å²) in [4.78, 5) is 11.2. The molecular weight excluding hydrogens is 228 g/mol. The highest BCUT2D eigenvalue weighted by molar-refractivity contribution is 6.27. The summed E-state index contributed by atoms with van der Waals surface area (Å²) >= 11 is 5.46. The van der Waals surface area contributed by atoms with E-state index in [2.05, 4.69) is 5.32 Å². The monoisotopic (exact) mass is 247 g/mol. The molecule has 1 rings (SSSR count). The van der Waals surface area contributed by atoms with Crippen molar-refractivity contribution in [2.45, 2.75) is 57.7 Å². The lowest BCUT2D eigenvalue weighted by atomic mass is 9.79. The lowest BCUT2D eigenvalue weighted by Crippen LogP contribution is -2.62. The molecule has 1 amide bonds. The average Bonchev–Trinajstić information content (AvgIpc) is 2.13. The number of nitrogens with one attached hydrogen (secondary N) is 1. The van der Waals surface area contributed by atoms with E-state index in [9.17, 15) is 10.0 Å². The number of halogens is 1. The molecule has 1 saturated heterocycles. The number of nitrogens with zero attached hydrogens (tertiary/aromatic N) is 1. The molecule has 0 aromatic carbocycles. The fraction of sp³-hybridized carbons (Fsp3) is 0.909. The van der Waals surface area contributed by atoms with Crippen LogP contribution in [0.25, 0.3) is 0 Å². The van der Waals surface area contributed by atoms with Crippen molar-refractivity contribution in [3.63, 3.8) is 0 Å². The third kappa shape index (κ3) is 2.87. The molecule has 0 aromatic heterocycles. The summed E-state index contributed by atoms with van der Waals surface area (Å²) in [6, 6.07) is 0.0291. The van der Waals surface area contributed by atoms with E-state index in [-0.39, 0.29) is 17.8 Å². The highest BCUT2D eigenvalue weighted by Crippen LogP contribution is 2.36. The van der Waals surface area contributed by atoms with Crippen molar-refractivity contribution in [1.29, 1.82) is 0 Å². The molecule has 0 bridgehead atoms. The van der Waals surface area contributed by atoms with Gasteiger partial charge in [-0.15, -0.1) is 21.9 Å². The maximum absolute atomic E-state index is 12.0. The Morgan fingerprint density at radius 1 is 1.31 bits per heavy atom. The minimum atomic E-state index is -0.452. The molecule has 1 aliphatic rings. The van der Waals surface area contributed by atoms with Gasteiger partial charge in [0.1, 0.15) is 5.88 Å². The van der Waals surface area contributed by atoms with Gasteiger partial charge in [0.25, 0.3) is 0 Å². The second kappa shape index (κ2) is 4.51. The van der Waals surface area contributed by atoms with Crippen molar-refractivity contribution in [3.8, 4) is 0 Å². The SMILES string of the molecule is CC1(C)CC(NC(=O)CCl)CC(C)(C)N1[O]. The molecule has 0 spiro atoms. The highest BCUT2D eigenvalue weighted by atomic mass is 35.5. The van der Waals surface area contributed by atoms with Gasteiger partial charge in [-0.05, 0) is 40.5 Å². The maximum atomic E-state index is 12.0. The predicted octanol–water partition coefficient (Wildman–Crippen LogP) is 1.71. The van der Waals surface area contributed by atoms with Crippen LogP contribution in [0.1, 0.15) is 40.5 Å². The molecule has 0 atom stereocenters. The van der Waals surface area contributed by atoms with Crippen LogP contribution in [0, 0.1) is 0 Å². The van der Waals surface area contributed by atoms with E-state index in [0.717, 1.165) is 5.06 Å². The Morgan fingerprint density at radius 3 is 2.12 bits per heavy atom. The standard InChI is InChI=1S/C11H20ClN2O2/c1-10(2)5-8(13-9(15)7-12)6-11(3,4)14(10)16/h8H,5-7H2,1-4H3,(H,13,15). The molecule has 1 radical (unpaired) electrons. The first kappa shape index (κ1) is 13.7. The molecule has 1 N–H and O–H groups in total. The van der Waals surface area contributed by atoms with E-state index < -0.39 is 11.1 Å². The summed E-state index contributed by atoms with van der Waals surface area (Å²) in [5.41, 5.74) is -0.905. The third-order valence-corrected chi connectivity index (χ3v) is 3.32. The molecule has 0 unspecified atom stereocenters. The molecule has 0 aliphatic carbocycles. The van der Waals surface area contributed by atoms with Crippen LogP contribution in [0.2, 0.25) is 0 Å². The van der Waals surface area contributed by atoms with Crippen molar-refractivity contribution < 1.29 is 10.0 Å². The Kier molecular flexibility index (Phi) is 3.87. The van der Waals surface area contributed by atoms with Crippen LogP contribution < -0.4 is 5.32 Å². The van der Waals surface area contributed by atoms with Crippen LogP contribution in [-0.2, 0) is 10.0 Å². The lowest BCUT2D eigenvalue weighted by molar-refractivity contribution is -0.290. The van der Waals surface area contributed by atoms with Gasteiger partial charge in [0, 0.05) is 17.1 Å². The van der Waals surface area contributed by atoms with Crippen LogP contribution in [-0.4, -0.2) is 34.0 Å². The van der Waals surface area contributed by atoms with Crippen molar-refractivity contribution in [1.82, 2.24) is 10.4 Å². The molecule has 0 saturated carbocycles. The number of amides is 1. The molecule has 5 heteroatoms. The van der Waals surface area contributed by atoms with Gasteiger partial charge >= 0.3 is 0 Å². The Labute approximate surface area is 102 Å². The number of rotatable bonds is 2. The quantitative estimate of drug-likeness (QED) is 0.756. The third-order valence-electron chi connectivity index (χ3n) is 3.08. The van der Waals surface area contributed by atoms with Crippen LogP contribution in [0.15, 0.2) is 0 Å². The van der Waals surface area contributed by atoms with Gasteiger partial charge in [0.05, 0.1) is 0 Å². The van der Waals surface area contributed by atoms with Crippen LogP contribution >= 0.6 is 11.6 Å². The highest BCUT2D eigenvalue weighted by Gasteiger charge is 2.46. The van der Waals surface area contributed by atoms with Gasteiger partial charge in [-0.3, -0.25) is 4.79 Å². The minimum Gasteiger partial charge on any atom is -0.352 e. The first-order chi connectivity index (χ1) is 7.19. The van der Waals surface area contributed by atoms with Gasteiger partial charge in [0.15, 0.2) is 0 Å². The summed E-state index contributed by atoms with van der Waals surface area (Å²) in [5, 5.41) is 16.1. The van der Waals surface area contributed by atoms with Gasteiger partial charge < -0.3 is 5.32 Å². The number of hydroxylamine groups is 2. The average molecular weight is 248 g/mol. The molecule has 1 fully saturated rings. The van der Waals surface area contributed by atoms with Crippen molar-refractivity contribution in [2.24, 2.45) is 0 Å². The van der Waals surface area contributed by atoms with E-state index in [0.29, 0.717) is 12.8 Å². The van der Waals surface area contributed by atoms with Crippen molar-refractivity contribution in [3.05, 3.63) is 0 Å². The Balaban J connectivity index is 2.75. The number of alkyl halides is 1. The van der Waals surface area contributed by atoms with Crippen LogP contribution in [0.5, 0.6) is 0 Å². The summed E-state index contributed by atoms with van der Waals surface area (Å²) in [6.07, 6.45) is 1.31. The molecule has 16 heavy (non-hydrogen) atoms. The molecule has 1 heterocycles. The topological polar surface area (TPSA) is 52.2 Å². The van der Waals surface area contributed by atoms with Gasteiger partial charge in [-0.1, -0.05) is 0 Å². The number of hydrogen-bond donors (Lipinski definition) is 1. The van der Waals surface area contributed by atoms with Gasteiger partial charge in [-0.2, -0.15) is 0 Å². The maximum Gasteiger partial charge on any atom is 0.235 e. The number of hydrogen-bond acceptors (Lipinski definition) is 2. The van der Waals surface area contributed by atoms with Gasteiger partial charge in [-0.25, -0.2) is 0 Å². The second-order valence-corrected chi connectivity index (χ2v) is 5.99. The molecule has 4 nitrogen and oxygen atoms in total. The zero-order valence-corrected chi connectivity index (χ0v) is 11.1.